The largest absolute Gasteiger partial charge is 0.461 e. The fraction of sp³-hybridized carbons (Fsp3) is 0.909. The summed E-state index contributed by atoms with van der Waals surface area (Å²) < 4.78 is 5.15. The van der Waals surface area contributed by atoms with Crippen molar-refractivity contribution in [3.05, 3.63) is 0 Å². The summed E-state index contributed by atoms with van der Waals surface area (Å²) in [7, 11) is 0. The minimum atomic E-state index is -0.401. The summed E-state index contributed by atoms with van der Waals surface area (Å²) in [6.45, 7) is 3.79. The van der Waals surface area contributed by atoms with E-state index in [0.29, 0.717) is 12.1 Å². The lowest BCUT2D eigenvalue weighted by molar-refractivity contribution is -0.152. The van der Waals surface area contributed by atoms with Crippen LogP contribution in [0.4, 0.5) is 0 Å². The molecular weight excluding hydrogens is 305 g/mol. The predicted octanol–water partition coefficient (Wildman–Crippen LogP) is 2.03. The number of rotatable bonds is 2. The first-order valence-electron chi connectivity index (χ1n) is 5.61. The predicted molar refractivity (Wildman–Crippen MR) is 67.2 cm³/mol. The number of esters is 1. The van der Waals surface area contributed by atoms with Crippen molar-refractivity contribution in [2.45, 2.75) is 61.1 Å². The maximum Gasteiger partial charge on any atom is 0.321 e. The Hall–Kier alpha value is 0.160. The Balaban J connectivity index is 1.88. The van der Waals surface area contributed by atoms with Crippen molar-refractivity contribution < 1.29 is 9.53 Å². The summed E-state index contributed by atoms with van der Waals surface area (Å²) in [6, 6.07) is 1.16. The van der Waals surface area contributed by atoms with Crippen molar-refractivity contribution in [2.75, 3.05) is 0 Å². The number of halogens is 1. The molecule has 3 nitrogen and oxygen atoms in total. The second-order valence-corrected chi connectivity index (χ2v) is 7.81. The smallest absolute Gasteiger partial charge is 0.321 e. The van der Waals surface area contributed by atoms with Crippen molar-refractivity contribution in [1.82, 2.24) is 5.32 Å². The van der Waals surface area contributed by atoms with Gasteiger partial charge in [-0.1, -0.05) is 22.6 Å². The van der Waals surface area contributed by atoms with Crippen LogP contribution in [0.5, 0.6) is 0 Å². The molecule has 0 aliphatic carbocycles. The maximum absolute atomic E-state index is 11.7. The van der Waals surface area contributed by atoms with E-state index in [2.05, 4.69) is 27.9 Å². The fourth-order valence-electron chi connectivity index (χ4n) is 2.39. The SMILES string of the molecule is CC(C)(I)C(=O)OC1CC2CCC(C1)N2. The average molecular weight is 323 g/mol. The summed E-state index contributed by atoms with van der Waals surface area (Å²) in [5.41, 5.74) is 0. The molecule has 0 saturated carbocycles. The molecule has 0 spiro atoms. The van der Waals surface area contributed by atoms with Crippen LogP contribution in [0.15, 0.2) is 0 Å². The van der Waals surface area contributed by atoms with E-state index in [-0.39, 0.29) is 12.1 Å². The van der Waals surface area contributed by atoms with Gasteiger partial charge in [0.15, 0.2) is 0 Å². The number of ether oxygens (including phenoxy) is 1. The van der Waals surface area contributed by atoms with Gasteiger partial charge in [0, 0.05) is 12.1 Å². The van der Waals surface area contributed by atoms with Crippen molar-refractivity contribution in [1.29, 1.82) is 0 Å². The van der Waals surface area contributed by atoms with E-state index in [1.807, 2.05) is 13.8 Å². The molecule has 2 heterocycles. The number of hydrogen-bond donors (Lipinski definition) is 1. The highest BCUT2D eigenvalue weighted by Gasteiger charge is 2.37. The van der Waals surface area contributed by atoms with Gasteiger partial charge in [-0.15, -0.1) is 0 Å². The number of piperidine rings is 1. The number of alkyl halides is 1. The molecule has 0 aromatic carbocycles. The van der Waals surface area contributed by atoms with Crippen LogP contribution in [0.25, 0.3) is 0 Å². The van der Waals surface area contributed by atoms with Crippen LogP contribution in [0, 0.1) is 0 Å². The molecule has 4 heteroatoms. The van der Waals surface area contributed by atoms with Crippen LogP contribution in [0.1, 0.15) is 39.5 Å². The number of fused-ring (bicyclic) bond motifs is 2. The van der Waals surface area contributed by atoms with Crippen LogP contribution < -0.4 is 5.32 Å². The Morgan fingerprint density at radius 2 is 1.87 bits per heavy atom. The molecule has 0 aromatic heterocycles. The molecule has 15 heavy (non-hydrogen) atoms. The number of nitrogens with one attached hydrogen (secondary N) is 1. The van der Waals surface area contributed by atoms with Crippen molar-refractivity contribution in [3.8, 4) is 0 Å². The molecule has 0 amide bonds. The number of hydrogen-bond acceptors (Lipinski definition) is 3. The van der Waals surface area contributed by atoms with Gasteiger partial charge in [-0.2, -0.15) is 0 Å². The Morgan fingerprint density at radius 3 is 2.33 bits per heavy atom. The molecule has 2 unspecified atom stereocenters. The highest BCUT2D eigenvalue weighted by atomic mass is 127. The quantitative estimate of drug-likeness (QED) is 0.480. The molecule has 2 bridgehead atoms. The normalized spacial score (nSPS) is 35.3. The number of carbonyl (C=O) groups is 1. The van der Waals surface area contributed by atoms with E-state index in [0.717, 1.165) is 12.8 Å². The minimum Gasteiger partial charge on any atom is -0.461 e. The highest BCUT2D eigenvalue weighted by Crippen LogP contribution is 2.30. The van der Waals surface area contributed by atoms with Crippen molar-refractivity contribution in [2.24, 2.45) is 0 Å². The summed E-state index contributed by atoms with van der Waals surface area (Å²) in [6.07, 6.45) is 4.62. The molecule has 2 fully saturated rings. The zero-order valence-electron chi connectivity index (χ0n) is 9.25. The summed E-state index contributed by atoms with van der Waals surface area (Å²) in [5.74, 6) is -0.0746. The van der Waals surface area contributed by atoms with Crippen LogP contribution in [0.2, 0.25) is 0 Å². The van der Waals surface area contributed by atoms with E-state index in [1.165, 1.54) is 12.8 Å². The maximum atomic E-state index is 11.7. The fourth-order valence-corrected chi connectivity index (χ4v) is 2.52. The molecule has 2 rings (SSSR count). The third-order valence-corrected chi connectivity index (χ3v) is 3.63. The molecule has 0 aromatic rings. The van der Waals surface area contributed by atoms with Gasteiger partial charge in [0.25, 0.3) is 0 Å². The Bertz CT molecular complexity index is 250. The molecule has 2 aliphatic rings. The standard InChI is InChI=1S/C11H18INO2/c1-11(2,12)10(14)15-9-5-7-3-4-8(6-9)13-7/h7-9,13H,3-6H2,1-2H3. The highest BCUT2D eigenvalue weighted by molar-refractivity contribution is 14.1. The average Bonchev–Trinajstić information content (AvgIpc) is 2.44. The lowest BCUT2D eigenvalue weighted by Crippen LogP contribution is -2.43. The van der Waals surface area contributed by atoms with Crippen molar-refractivity contribution in [3.63, 3.8) is 0 Å². The second kappa shape index (κ2) is 4.20. The summed E-state index contributed by atoms with van der Waals surface area (Å²) >= 11 is 2.13. The van der Waals surface area contributed by atoms with Crippen molar-refractivity contribution >= 4 is 28.6 Å². The van der Waals surface area contributed by atoms with Gasteiger partial charge in [0.1, 0.15) is 9.53 Å². The molecule has 1 N–H and O–H groups in total. The third-order valence-electron chi connectivity index (χ3n) is 3.19. The Labute approximate surface area is 104 Å². The lowest BCUT2D eigenvalue weighted by Gasteiger charge is -2.30. The lowest BCUT2D eigenvalue weighted by atomic mass is 10.0. The van der Waals surface area contributed by atoms with Gasteiger partial charge in [-0.25, -0.2) is 0 Å². The van der Waals surface area contributed by atoms with Gasteiger partial charge in [-0.3, -0.25) is 4.79 Å². The molecule has 0 radical (unpaired) electrons. The molecule has 86 valence electrons. The van der Waals surface area contributed by atoms with Gasteiger partial charge in [0.2, 0.25) is 0 Å². The third kappa shape index (κ3) is 2.84. The van der Waals surface area contributed by atoms with Gasteiger partial charge >= 0.3 is 5.97 Å². The van der Waals surface area contributed by atoms with Crippen LogP contribution >= 0.6 is 22.6 Å². The van der Waals surface area contributed by atoms with Crippen LogP contribution in [0.3, 0.4) is 0 Å². The molecule has 2 atom stereocenters. The van der Waals surface area contributed by atoms with E-state index in [1.54, 1.807) is 0 Å². The van der Waals surface area contributed by atoms with Gasteiger partial charge in [0.05, 0.1) is 0 Å². The first kappa shape index (κ1) is 11.6. The van der Waals surface area contributed by atoms with E-state index < -0.39 is 3.42 Å². The summed E-state index contributed by atoms with van der Waals surface area (Å²) in [5, 5.41) is 3.54. The first-order chi connectivity index (χ1) is 6.95. The summed E-state index contributed by atoms with van der Waals surface area (Å²) in [4.78, 5) is 11.7. The molecule has 2 saturated heterocycles. The Morgan fingerprint density at radius 1 is 1.33 bits per heavy atom. The molecular formula is C11H18INO2. The monoisotopic (exact) mass is 323 g/mol. The van der Waals surface area contributed by atoms with Crippen LogP contribution in [-0.4, -0.2) is 27.6 Å². The second-order valence-electron chi connectivity index (χ2n) is 5.11. The molecule has 2 aliphatic heterocycles. The number of carbonyl (C=O) groups excluding carboxylic acids is 1. The first-order valence-corrected chi connectivity index (χ1v) is 6.69. The zero-order chi connectivity index (χ0) is 11.1. The van der Waals surface area contributed by atoms with Gasteiger partial charge in [-0.05, 0) is 39.5 Å². The minimum absolute atomic E-state index is 0.0746. The van der Waals surface area contributed by atoms with E-state index >= 15 is 0 Å². The zero-order valence-corrected chi connectivity index (χ0v) is 11.4. The van der Waals surface area contributed by atoms with E-state index in [9.17, 15) is 4.79 Å². The van der Waals surface area contributed by atoms with Crippen LogP contribution in [-0.2, 0) is 9.53 Å². The topological polar surface area (TPSA) is 38.3 Å². The Kier molecular flexibility index (Phi) is 3.26. The van der Waals surface area contributed by atoms with Gasteiger partial charge < -0.3 is 10.1 Å². The van der Waals surface area contributed by atoms with E-state index in [4.69, 9.17) is 4.74 Å².